The zero-order valence-corrected chi connectivity index (χ0v) is 13.8. The molecule has 0 atom stereocenters. The fourth-order valence-electron chi connectivity index (χ4n) is 3.15. The van der Waals surface area contributed by atoms with Gasteiger partial charge in [-0.15, -0.1) is 0 Å². The topological polar surface area (TPSA) is 24.7 Å². The lowest BCUT2D eigenvalue weighted by Crippen LogP contribution is -2.23. The molecule has 116 valence electrons. The molecule has 0 radical (unpaired) electrons. The highest BCUT2D eigenvalue weighted by Gasteiger charge is 2.29. The SMILES string of the molecule is CCCCCCC1(CCCCCC)N=c2ccccc2=N1. The Bertz CT molecular complexity index is 484. The summed E-state index contributed by atoms with van der Waals surface area (Å²) >= 11 is 0. The van der Waals surface area contributed by atoms with E-state index in [1.807, 2.05) is 0 Å². The largest absolute Gasteiger partial charge is 0.253 e. The van der Waals surface area contributed by atoms with Crippen molar-refractivity contribution in [2.24, 2.45) is 9.98 Å². The first kappa shape index (κ1) is 16.2. The molecule has 2 rings (SSSR count). The van der Waals surface area contributed by atoms with E-state index >= 15 is 0 Å². The van der Waals surface area contributed by atoms with Gasteiger partial charge in [-0.3, -0.25) is 9.98 Å². The van der Waals surface area contributed by atoms with E-state index < -0.39 is 0 Å². The maximum absolute atomic E-state index is 5.01. The maximum Gasteiger partial charge on any atom is 0.151 e. The van der Waals surface area contributed by atoms with Crippen molar-refractivity contribution in [1.82, 2.24) is 0 Å². The summed E-state index contributed by atoms with van der Waals surface area (Å²) in [6.45, 7) is 4.53. The minimum Gasteiger partial charge on any atom is -0.253 e. The number of para-hydroxylation sites is 2. The van der Waals surface area contributed by atoms with Crippen LogP contribution in [0.15, 0.2) is 34.3 Å². The number of rotatable bonds is 10. The molecule has 0 saturated carbocycles. The smallest absolute Gasteiger partial charge is 0.151 e. The summed E-state index contributed by atoms with van der Waals surface area (Å²) in [6, 6.07) is 8.36. The van der Waals surface area contributed by atoms with Crippen LogP contribution in [-0.2, 0) is 0 Å². The van der Waals surface area contributed by atoms with Gasteiger partial charge >= 0.3 is 0 Å². The van der Waals surface area contributed by atoms with Crippen molar-refractivity contribution in [3.63, 3.8) is 0 Å². The number of benzene rings is 1. The Morgan fingerprint density at radius 3 is 1.62 bits per heavy atom. The van der Waals surface area contributed by atoms with Crippen LogP contribution in [0.25, 0.3) is 0 Å². The monoisotopic (exact) mass is 286 g/mol. The highest BCUT2D eigenvalue weighted by molar-refractivity contribution is 5.07. The number of unbranched alkanes of at least 4 members (excludes halogenated alkanes) is 6. The minimum absolute atomic E-state index is 0.148. The fraction of sp³-hybridized carbons (Fsp3) is 0.684. The molecule has 2 nitrogen and oxygen atoms in total. The van der Waals surface area contributed by atoms with Gasteiger partial charge in [-0.1, -0.05) is 64.5 Å². The number of nitrogens with zero attached hydrogens (tertiary/aromatic N) is 2. The van der Waals surface area contributed by atoms with Gasteiger partial charge < -0.3 is 0 Å². The third kappa shape index (κ3) is 4.66. The molecule has 0 unspecified atom stereocenters. The lowest BCUT2D eigenvalue weighted by Gasteiger charge is -2.23. The Labute approximate surface area is 129 Å². The van der Waals surface area contributed by atoms with Crippen molar-refractivity contribution >= 4 is 0 Å². The van der Waals surface area contributed by atoms with Gasteiger partial charge in [-0.2, -0.15) is 0 Å². The summed E-state index contributed by atoms with van der Waals surface area (Å²) in [5.41, 5.74) is -0.148. The zero-order valence-electron chi connectivity index (χ0n) is 13.8. The number of fused-ring (bicyclic) bond motifs is 1. The second-order valence-electron chi connectivity index (χ2n) is 6.32. The Morgan fingerprint density at radius 2 is 1.19 bits per heavy atom. The van der Waals surface area contributed by atoms with Gasteiger partial charge in [0, 0.05) is 0 Å². The molecule has 1 heterocycles. The Morgan fingerprint density at radius 1 is 0.714 bits per heavy atom. The Kier molecular flexibility index (Phi) is 6.41. The van der Waals surface area contributed by atoms with Crippen molar-refractivity contribution in [3.05, 3.63) is 35.0 Å². The molecule has 2 heteroatoms. The molecule has 0 N–H and O–H groups in total. The van der Waals surface area contributed by atoms with Gasteiger partial charge in [0.2, 0.25) is 0 Å². The van der Waals surface area contributed by atoms with Crippen molar-refractivity contribution in [2.45, 2.75) is 83.7 Å². The average Bonchev–Trinajstić information content (AvgIpc) is 2.87. The van der Waals surface area contributed by atoms with Gasteiger partial charge in [0.05, 0.1) is 10.7 Å². The number of hydrogen-bond acceptors (Lipinski definition) is 2. The van der Waals surface area contributed by atoms with Crippen LogP contribution in [0.3, 0.4) is 0 Å². The summed E-state index contributed by atoms with van der Waals surface area (Å²) in [5.74, 6) is 0. The molecule has 0 aliphatic carbocycles. The first-order valence-electron chi connectivity index (χ1n) is 8.84. The summed E-state index contributed by atoms with van der Waals surface area (Å²) in [6.07, 6.45) is 12.6. The fourth-order valence-corrected chi connectivity index (χ4v) is 3.15. The van der Waals surface area contributed by atoms with Crippen molar-refractivity contribution in [1.29, 1.82) is 0 Å². The summed E-state index contributed by atoms with van der Waals surface area (Å²) in [7, 11) is 0. The standard InChI is InChI=1S/C19H30N2/c1-3-5-7-11-15-19(16-12-8-6-4-2)20-17-13-9-10-14-18(17)21-19/h9-10,13-14H,3-8,11-12,15-16H2,1-2H3. The molecule has 1 aliphatic heterocycles. The second kappa shape index (κ2) is 8.31. The molecule has 0 spiro atoms. The van der Waals surface area contributed by atoms with Gasteiger partial charge in [0.15, 0.2) is 5.66 Å². The van der Waals surface area contributed by atoms with Gasteiger partial charge in [0.25, 0.3) is 0 Å². The highest BCUT2D eigenvalue weighted by atomic mass is 15.1. The maximum atomic E-state index is 5.01. The van der Waals surface area contributed by atoms with E-state index in [2.05, 4.69) is 38.1 Å². The molecule has 0 aromatic heterocycles. The molecule has 21 heavy (non-hydrogen) atoms. The van der Waals surface area contributed by atoms with Crippen LogP contribution in [-0.4, -0.2) is 5.66 Å². The van der Waals surface area contributed by atoms with E-state index in [0.717, 1.165) is 23.6 Å². The van der Waals surface area contributed by atoms with Gasteiger partial charge in [0.1, 0.15) is 0 Å². The molecular formula is C19H30N2. The lowest BCUT2D eigenvalue weighted by molar-refractivity contribution is 0.350. The van der Waals surface area contributed by atoms with Gasteiger partial charge in [-0.05, 0) is 37.8 Å². The van der Waals surface area contributed by atoms with Crippen molar-refractivity contribution in [2.75, 3.05) is 0 Å². The zero-order chi connectivity index (χ0) is 15.0. The van der Waals surface area contributed by atoms with E-state index in [1.165, 1.54) is 51.4 Å². The number of hydrogen-bond donors (Lipinski definition) is 0. The third-order valence-corrected chi connectivity index (χ3v) is 4.40. The third-order valence-electron chi connectivity index (χ3n) is 4.40. The minimum atomic E-state index is -0.148. The Balaban J connectivity index is 2.03. The Hall–Kier alpha value is -1.18. The summed E-state index contributed by atoms with van der Waals surface area (Å²) < 4.78 is 0. The molecule has 1 aromatic rings. The lowest BCUT2D eigenvalue weighted by atomic mass is 9.95. The predicted molar refractivity (Wildman–Crippen MR) is 89.0 cm³/mol. The van der Waals surface area contributed by atoms with Crippen LogP contribution in [0.4, 0.5) is 0 Å². The van der Waals surface area contributed by atoms with Crippen LogP contribution >= 0.6 is 0 Å². The quantitative estimate of drug-likeness (QED) is 0.563. The van der Waals surface area contributed by atoms with Crippen molar-refractivity contribution in [3.8, 4) is 0 Å². The van der Waals surface area contributed by atoms with E-state index in [1.54, 1.807) is 0 Å². The van der Waals surface area contributed by atoms with E-state index in [9.17, 15) is 0 Å². The van der Waals surface area contributed by atoms with Crippen LogP contribution in [0, 0.1) is 0 Å². The predicted octanol–water partition coefficient (Wildman–Crippen LogP) is 4.58. The molecule has 0 bridgehead atoms. The summed E-state index contributed by atoms with van der Waals surface area (Å²) in [5, 5.41) is 2.20. The average molecular weight is 286 g/mol. The first-order valence-corrected chi connectivity index (χ1v) is 8.84. The normalized spacial score (nSPS) is 15.3. The van der Waals surface area contributed by atoms with Crippen LogP contribution < -0.4 is 10.7 Å². The van der Waals surface area contributed by atoms with Crippen LogP contribution in [0.5, 0.6) is 0 Å². The first-order chi connectivity index (χ1) is 10.3. The van der Waals surface area contributed by atoms with E-state index in [4.69, 9.17) is 9.98 Å². The molecule has 0 fully saturated rings. The molecule has 0 amide bonds. The van der Waals surface area contributed by atoms with E-state index in [0.29, 0.717) is 0 Å². The summed E-state index contributed by atoms with van der Waals surface area (Å²) in [4.78, 5) is 10.0. The molecular weight excluding hydrogens is 256 g/mol. The van der Waals surface area contributed by atoms with Crippen molar-refractivity contribution < 1.29 is 0 Å². The second-order valence-corrected chi connectivity index (χ2v) is 6.32. The van der Waals surface area contributed by atoms with E-state index in [-0.39, 0.29) is 5.66 Å². The van der Waals surface area contributed by atoms with Crippen LogP contribution in [0.1, 0.15) is 78.1 Å². The molecule has 1 aliphatic rings. The van der Waals surface area contributed by atoms with Gasteiger partial charge in [-0.25, -0.2) is 0 Å². The molecule has 0 saturated heterocycles. The van der Waals surface area contributed by atoms with Crippen LogP contribution in [0.2, 0.25) is 0 Å². The molecule has 1 aromatic carbocycles. The highest BCUT2D eigenvalue weighted by Crippen LogP contribution is 2.29.